The van der Waals surface area contributed by atoms with Gasteiger partial charge in [-0.15, -0.1) is 0 Å². The summed E-state index contributed by atoms with van der Waals surface area (Å²) in [5, 5.41) is 7.77. The molecule has 0 saturated heterocycles. The Morgan fingerprint density at radius 3 is 3.19 bits per heavy atom. The second-order valence-electron chi connectivity index (χ2n) is 4.60. The van der Waals surface area contributed by atoms with Crippen LogP contribution in [0.1, 0.15) is 25.7 Å². The first-order valence-electron chi connectivity index (χ1n) is 6.10. The molecule has 2 aromatic heterocycles. The minimum atomic E-state index is 1.03. The Balaban J connectivity index is 1.60. The summed E-state index contributed by atoms with van der Waals surface area (Å²) in [5.74, 6) is 1.03. The van der Waals surface area contributed by atoms with Crippen LogP contribution in [0.3, 0.4) is 0 Å². The van der Waals surface area contributed by atoms with Crippen LogP contribution in [0.2, 0.25) is 0 Å². The summed E-state index contributed by atoms with van der Waals surface area (Å²) >= 11 is 0. The molecule has 0 aliphatic heterocycles. The molecule has 1 aliphatic rings. The predicted octanol–water partition coefficient (Wildman–Crippen LogP) is 2.94. The lowest BCUT2D eigenvalue weighted by molar-refractivity contribution is 0.687. The fourth-order valence-corrected chi connectivity index (χ4v) is 2.09. The normalized spacial score (nSPS) is 15.5. The summed E-state index contributed by atoms with van der Waals surface area (Å²) in [4.78, 5) is 0. The van der Waals surface area contributed by atoms with E-state index < -0.39 is 0 Å². The van der Waals surface area contributed by atoms with Crippen molar-refractivity contribution in [1.82, 2.24) is 9.61 Å². The fraction of sp³-hybridized carbons (Fsp3) is 0.462. The zero-order chi connectivity index (χ0) is 10.8. The van der Waals surface area contributed by atoms with Gasteiger partial charge in [-0.3, -0.25) is 0 Å². The summed E-state index contributed by atoms with van der Waals surface area (Å²) in [7, 11) is 0. The van der Waals surface area contributed by atoms with Crippen molar-refractivity contribution in [2.24, 2.45) is 5.92 Å². The van der Waals surface area contributed by atoms with Gasteiger partial charge in [0.15, 0.2) is 0 Å². The standard InChI is InChI=1S/C13H17N3/c1-2-9-16-13(5-1)12(10-15-16)14-8-3-4-11-6-7-11/h1-2,5,9-11,14H,3-4,6-8H2. The average Bonchev–Trinajstić information content (AvgIpc) is 3.05. The minimum absolute atomic E-state index is 1.03. The first-order chi connectivity index (χ1) is 7.93. The van der Waals surface area contributed by atoms with Crippen molar-refractivity contribution in [2.45, 2.75) is 25.7 Å². The highest BCUT2D eigenvalue weighted by atomic mass is 15.2. The summed E-state index contributed by atoms with van der Waals surface area (Å²) in [6, 6.07) is 6.14. The van der Waals surface area contributed by atoms with Crippen molar-refractivity contribution >= 4 is 11.2 Å². The van der Waals surface area contributed by atoms with Gasteiger partial charge in [0.1, 0.15) is 0 Å². The van der Waals surface area contributed by atoms with Crippen LogP contribution in [0.25, 0.3) is 5.52 Å². The number of nitrogens with zero attached hydrogens (tertiary/aromatic N) is 2. The molecule has 0 spiro atoms. The molecule has 1 fully saturated rings. The number of rotatable bonds is 5. The molecule has 84 valence electrons. The lowest BCUT2D eigenvalue weighted by Gasteiger charge is -2.03. The smallest absolute Gasteiger partial charge is 0.0893 e. The highest BCUT2D eigenvalue weighted by Gasteiger charge is 2.19. The van der Waals surface area contributed by atoms with Crippen LogP contribution in [-0.4, -0.2) is 16.2 Å². The zero-order valence-electron chi connectivity index (χ0n) is 9.39. The molecule has 2 aromatic rings. The maximum atomic E-state index is 4.30. The predicted molar refractivity (Wildman–Crippen MR) is 65.6 cm³/mol. The third-order valence-electron chi connectivity index (χ3n) is 3.23. The van der Waals surface area contributed by atoms with Gasteiger partial charge in [0.25, 0.3) is 0 Å². The Morgan fingerprint density at radius 1 is 1.38 bits per heavy atom. The quantitative estimate of drug-likeness (QED) is 0.777. The molecule has 0 unspecified atom stereocenters. The van der Waals surface area contributed by atoms with E-state index in [2.05, 4.69) is 16.5 Å². The second-order valence-corrected chi connectivity index (χ2v) is 4.60. The van der Waals surface area contributed by atoms with Crippen LogP contribution < -0.4 is 5.32 Å². The molecule has 16 heavy (non-hydrogen) atoms. The molecule has 0 radical (unpaired) electrons. The van der Waals surface area contributed by atoms with Crippen LogP contribution in [-0.2, 0) is 0 Å². The molecule has 1 saturated carbocycles. The topological polar surface area (TPSA) is 29.3 Å². The summed E-state index contributed by atoms with van der Waals surface area (Å²) in [6.45, 7) is 1.06. The molecular weight excluding hydrogens is 198 g/mol. The summed E-state index contributed by atoms with van der Waals surface area (Å²) in [6.07, 6.45) is 9.45. The number of nitrogens with one attached hydrogen (secondary N) is 1. The molecule has 3 nitrogen and oxygen atoms in total. The molecule has 0 atom stereocenters. The van der Waals surface area contributed by atoms with Crippen molar-refractivity contribution in [3.05, 3.63) is 30.6 Å². The molecule has 3 rings (SSSR count). The van der Waals surface area contributed by atoms with Gasteiger partial charge in [0.05, 0.1) is 17.4 Å². The Hall–Kier alpha value is -1.51. The number of anilines is 1. The maximum absolute atomic E-state index is 4.30. The van der Waals surface area contributed by atoms with Gasteiger partial charge in [-0.05, 0) is 30.9 Å². The van der Waals surface area contributed by atoms with Gasteiger partial charge in [0, 0.05) is 12.7 Å². The van der Waals surface area contributed by atoms with Gasteiger partial charge < -0.3 is 5.32 Å². The molecule has 0 bridgehead atoms. The van der Waals surface area contributed by atoms with E-state index >= 15 is 0 Å². The third-order valence-corrected chi connectivity index (χ3v) is 3.23. The van der Waals surface area contributed by atoms with Gasteiger partial charge in [-0.25, -0.2) is 4.52 Å². The summed E-state index contributed by atoms with van der Waals surface area (Å²) in [5.41, 5.74) is 2.31. The zero-order valence-corrected chi connectivity index (χ0v) is 9.39. The third kappa shape index (κ3) is 2.03. The number of pyridine rings is 1. The van der Waals surface area contributed by atoms with E-state index in [0.717, 1.165) is 23.7 Å². The van der Waals surface area contributed by atoms with Crippen molar-refractivity contribution in [1.29, 1.82) is 0 Å². The largest absolute Gasteiger partial charge is 0.382 e. The second kappa shape index (κ2) is 4.16. The van der Waals surface area contributed by atoms with Crippen LogP contribution in [0.15, 0.2) is 30.6 Å². The van der Waals surface area contributed by atoms with Crippen molar-refractivity contribution in [3.63, 3.8) is 0 Å². The first-order valence-corrected chi connectivity index (χ1v) is 6.10. The molecule has 0 amide bonds. The molecule has 3 heteroatoms. The monoisotopic (exact) mass is 215 g/mol. The van der Waals surface area contributed by atoms with Gasteiger partial charge in [-0.2, -0.15) is 5.10 Å². The van der Waals surface area contributed by atoms with E-state index in [-0.39, 0.29) is 0 Å². The molecule has 2 heterocycles. The van der Waals surface area contributed by atoms with E-state index in [0.29, 0.717) is 0 Å². The van der Waals surface area contributed by atoms with Gasteiger partial charge in [0.2, 0.25) is 0 Å². The molecule has 1 aliphatic carbocycles. The molecular formula is C13H17N3. The Morgan fingerprint density at radius 2 is 2.31 bits per heavy atom. The van der Waals surface area contributed by atoms with Crippen molar-refractivity contribution in [3.8, 4) is 0 Å². The van der Waals surface area contributed by atoms with E-state index in [1.54, 1.807) is 0 Å². The van der Waals surface area contributed by atoms with Gasteiger partial charge in [-0.1, -0.05) is 18.9 Å². The van der Waals surface area contributed by atoms with Crippen LogP contribution >= 0.6 is 0 Å². The minimum Gasteiger partial charge on any atom is -0.382 e. The van der Waals surface area contributed by atoms with Crippen molar-refractivity contribution < 1.29 is 0 Å². The van der Waals surface area contributed by atoms with E-state index in [9.17, 15) is 0 Å². The Kier molecular flexibility index (Phi) is 2.52. The van der Waals surface area contributed by atoms with Crippen molar-refractivity contribution in [2.75, 3.05) is 11.9 Å². The van der Waals surface area contributed by atoms with Crippen LogP contribution in [0.5, 0.6) is 0 Å². The van der Waals surface area contributed by atoms with E-state index in [4.69, 9.17) is 0 Å². The number of hydrogen-bond acceptors (Lipinski definition) is 2. The first kappa shape index (κ1) is 9.70. The van der Waals surface area contributed by atoms with E-state index in [1.165, 1.54) is 25.7 Å². The SMILES string of the molecule is c1ccn2ncc(NCCCC3CC3)c2c1. The lowest BCUT2D eigenvalue weighted by Crippen LogP contribution is -2.01. The van der Waals surface area contributed by atoms with Gasteiger partial charge >= 0.3 is 0 Å². The maximum Gasteiger partial charge on any atom is 0.0893 e. The van der Waals surface area contributed by atoms with Crippen LogP contribution in [0.4, 0.5) is 5.69 Å². The summed E-state index contributed by atoms with van der Waals surface area (Å²) < 4.78 is 1.91. The lowest BCUT2D eigenvalue weighted by atomic mass is 10.2. The Bertz CT molecular complexity index is 471. The van der Waals surface area contributed by atoms with Crippen LogP contribution in [0, 0.1) is 5.92 Å². The number of fused-ring (bicyclic) bond motifs is 1. The molecule has 0 aromatic carbocycles. The number of hydrogen-bond donors (Lipinski definition) is 1. The highest BCUT2D eigenvalue weighted by Crippen LogP contribution is 2.33. The number of aromatic nitrogens is 2. The Labute approximate surface area is 95.5 Å². The fourth-order valence-electron chi connectivity index (χ4n) is 2.09. The average molecular weight is 215 g/mol. The highest BCUT2D eigenvalue weighted by molar-refractivity contribution is 5.70. The van der Waals surface area contributed by atoms with E-state index in [1.807, 2.05) is 29.0 Å². The molecule has 1 N–H and O–H groups in total.